The number of carbonyl (C=O) groups is 2. The van der Waals surface area contributed by atoms with E-state index in [1.807, 2.05) is 0 Å². The molecule has 2 rings (SSSR count). The van der Waals surface area contributed by atoms with Crippen molar-refractivity contribution in [1.82, 2.24) is 4.90 Å². The number of hydrogen-bond donors (Lipinski definition) is 2. The second-order valence-corrected chi connectivity index (χ2v) is 3.73. The summed E-state index contributed by atoms with van der Waals surface area (Å²) in [6.07, 6.45) is -0.652. The van der Waals surface area contributed by atoms with E-state index in [-0.39, 0.29) is 18.9 Å². The van der Waals surface area contributed by atoms with E-state index in [0.29, 0.717) is 5.56 Å². The van der Waals surface area contributed by atoms with Gasteiger partial charge in [-0.3, -0.25) is 4.90 Å². The van der Waals surface area contributed by atoms with E-state index < -0.39 is 18.1 Å². The Labute approximate surface area is 97.0 Å². The maximum atomic E-state index is 11.4. The van der Waals surface area contributed by atoms with Gasteiger partial charge in [-0.1, -0.05) is 12.1 Å². The zero-order valence-electron chi connectivity index (χ0n) is 8.87. The first-order valence-corrected chi connectivity index (χ1v) is 5.02. The highest BCUT2D eigenvalue weighted by molar-refractivity contribution is 5.82. The fraction of sp³-hybridized carbons (Fsp3) is 0.273. The predicted octanol–water partition coefficient (Wildman–Crippen LogP) is 0.798. The molecule has 0 spiro atoms. The smallest absolute Gasteiger partial charge is 0.411 e. The van der Waals surface area contributed by atoms with Crippen LogP contribution in [0, 0.1) is 0 Å². The zero-order valence-corrected chi connectivity index (χ0v) is 8.87. The Morgan fingerprint density at radius 2 is 2.29 bits per heavy atom. The summed E-state index contributed by atoms with van der Waals surface area (Å²) in [6, 6.07) is 5.33. The molecule has 17 heavy (non-hydrogen) atoms. The first-order chi connectivity index (χ1) is 8.08. The van der Waals surface area contributed by atoms with Crippen LogP contribution in [-0.2, 0) is 16.1 Å². The maximum Gasteiger partial charge on any atom is 0.411 e. The fourth-order valence-corrected chi connectivity index (χ4v) is 1.68. The van der Waals surface area contributed by atoms with E-state index in [0.717, 1.165) is 4.90 Å². The summed E-state index contributed by atoms with van der Waals surface area (Å²) in [5.41, 5.74) is 0.648. The van der Waals surface area contributed by atoms with Crippen molar-refractivity contribution in [2.24, 2.45) is 0 Å². The second kappa shape index (κ2) is 4.32. The van der Waals surface area contributed by atoms with Gasteiger partial charge >= 0.3 is 12.1 Å². The highest BCUT2D eigenvalue weighted by Gasteiger charge is 2.37. The number of carbonyl (C=O) groups excluding carboxylic acids is 1. The van der Waals surface area contributed by atoms with Crippen LogP contribution in [0.1, 0.15) is 5.56 Å². The van der Waals surface area contributed by atoms with Gasteiger partial charge in [-0.05, 0) is 17.7 Å². The van der Waals surface area contributed by atoms with Crippen molar-refractivity contribution in [2.75, 3.05) is 6.61 Å². The molecule has 6 nitrogen and oxygen atoms in total. The van der Waals surface area contributed by atoms with Crippen LogP contribution in [0.5, 0.6) is 5.75 Å². The van der Waals surface area contributed by atoms with Crippen molar-refractivity contribution >= 4 is 12.1 Å². The normalized spacial score (nSPS) is 19.2. The molecule has 90 valence electrons. The lowest BCUT2D eigenvalue weighted by Crippen LogP contribution is -2.38. The van der Waals surface area contributed by atoms with Crippen LogP contribution in [0.25, 0.3) is 0 Å². The topological polar surface area (TPSA) is 87.1 Å². The van der Waals surface area contributed by atoms with Gasteiger partial charge in [-0.25, -0.2) is 9.59 Å². The molecule has 0 saturated carbocycles. The summed E-state index contributed by atoms with van der Waals surface area (Å²) in [6.45, 7) is -0.0445. The summed E-state index contributed by atoms with van der Waals surface area (Å²) in [5.74, 6) is -1.03. The average molecular weight is 237 g/mol. The zero-order chi connectivity index (χ0) is 12.4. The quantitative estimate of drug-likeness (QED) is 0.811. The molecule has 1 aliphatic rings. The number of carboxylic acid groups (broad SMARTS) is 1. The van der Waals surface area contributed by atoms with Gasteiger partial charge in [0.25, 0.3) is 0 Å². The van der Waals surface area contributed by atoms with Crippen molar-refractivity contribution in [3.05, 3.63) is 29.8 Å². The minimum absolute atomic E-state index is 0.0712. The summed E-state index contributed by atoms with van der Waals surface area (Å²) in [7, 11) is 0. The number of amides is 1. The largest absolute Gasteiger partial charge is 0.508 e. The number of rotatable bonds is 3. The van der Waals surface area contributed by atoms with Crippen LogP contribution in [0.4, 0.5) is 4.79 Å². The number of phenols is 1. The van der Waals surface area contributed by atoms with Gasteiger partial charge in [0.1, 0.15) is 12.4 Å². The maximum absolute atomic E-state index is 11.4. The number of benzene rings is 1. The summed E-state index contributed by atoms with van der Waals surface area (Å²) in [5, 5.41) is 18.2. The Morgan fingerprint density at radius 1 is 1.53 bits per heavy atom. The number of phenolic OH excluding ortho intramolecular Hbond substituents is 1. The van der Waals surface area contributed by atoms with Crippen LogP contribution in [0.15, 0.2) is 24.3 Å². The lowest BCUT2D eigenvalue weighted by molar-refractivity contribution is -0.141. The third kappa shape index (κ3) is 2.30. The molecule has 2 N–H and O–H groups in total. The summed E-state index contributed by atoms with van der Waals surface area (Å²) in [4.78, 5) is 23.4. The fourth-order valence-electron chi connectivity index (χ4n) is 1.68. The standard InChI is InChI=1S/C11H11NO5/c13-8-3-1-2-7(4-8)5-12-9(10(14)15)6-17-11(12)16/h1-4,9,13H,5-6H2,(H,14,15). The van der Waals surface area contributed by atoms with Gasteiger partial charge in [0.05, 0.1) is 6.54 Å². The van der Waals surface area contributed by atoms with Crippen molar-refractivity contribution in [2.45, 2.75) is 12.6 Å². The molecule has 0 aromatic heterocycles. The lowest BCUT2D eigenvalue weighted by atomic mass is 10.2. The Hall–Kier alpha value is -2.24. The molecule has 1 aliphatic heterocycles. The Morgan fingerprint density at radius 3 is 2.94 bits per heavy atom. The highest BCUT2D eigenvalue weighted by Crippen LogP contribution is 2.19. The van der Waals surface area contributed by atoms with Gasteiger partial charge in [0.15, 0.2) is 6.04 Å². The van der Waals surface area contributed by atoms with Crippen molar-refractivity contribution in [3.8, 4) is 5.75 Å². The number of aromatic hydroxyl groups is 1. The molecule has 1 atom stereocenters. The SMILES string of the molecule is O=C(O)C1COC(=O)N1Cc1cccc(O)c1. The summed E-state index contributed by atoms with van der Waals surface area (Å²) >= 11 is 0. The molecule has 1 amide bonds. The number of ether oxygens (including phenoxy) is 1. The minimum Gasteiger partial charge on any atom is -0.508 e. The molecular weight excluding hydrogens is 226 g/mol. The molecular formula is C11H11NO5. The van der Waals surface area contributed by atoms with Crippen LogP contribution in [0.2, 0.25) is 0 Å². The first kappa shape index (κ1) is 11.3. The molecule has 0 aliphatic carbocycles. The van der Waals surface area contributed by atoms with E-state index in [2.05, 4.69) is 4.74 Å². The third-order valence-electron chi connectivity index (χ3n) is 2.52. The average Bonchev–Trinajstić information content (AvgIpc) is 2.61. The van der Waals surface area contributed by atoms with E-state index in [4.69, 9.17) is 5.11 Å². The molecule has 6 heteroatoms. The monoisotopic (exact) mass is 237 g/mol. The Kier molecular flexibility index (Phi) is 2.86. The van der Waals surface area contributed by atoms with E-state index in [1.54, 1.807) is 12.1 Å². The molecule has 1 aromatic carbocycles. The van der Waals surface area contributed by atoms with Gasteiger partial charge in [-0.2, -0.15) is 0 Å². The minimum atomic E-state index is -1.10. The Bertz CT molecular complexity index is 459. The molecule has 0 bridgehead atoms. The van der Waals surface area contributed by atoms with Crippen molar-refractivity contribution in [1.29, 1.82) is 0 Å². The van der Waals surface area contributed by atoms with Gasteiger partial charge in [0.2, 0.25) is 0 Å². The lowest BCUT2D eigenvalue weighted by Gasteiger charge is -2.17. The van der Waals surface area contributed by atoms with Gasteiger partial charge < -0.3 is 14.9 Å². The number of nitrogens with zero attached hydrogens (tertiary/aromatic N) is 1. The second-order valence-electron chi connectivity index (χ2n) is 3.73. The number of cyclic esters (lactones) is 1. The third-order valence-corrected chi connectivity index (χ3v) is 2.52. The highest BCUT2D eigenvalue weighted by atomic mass is 16.6. The molecule has 1 heterocycles. The van der Waals surface area contributed by atoms with Crippen molar-refractivity contribution in [3.63, 3.8) is 0 Å². The van der Waals surface area contributed by atoms with E-state index in [1.165, 1.54) is 12.1 Å². The van der Waals surface area contributed by atoms with Crippen LogP contribution < -0.4 is 0 Å². The van der Waals surface area contributed by atoms with Crippen LogP contribution in [0.3, 0.4) is 0 Å². The van der Waals surface area contributed by atoms with Gasteiger partial charge in [-0.15, -0.1) is 0 Å². The first-order valence-electron chi connectivity index (χ1n) is 5.02. The van der Waals surface area contributed by atoms with Gasteiger partial charge in [0, 0.05) is 0 Å². The number of carboxylic acids is 1. The molecule has 1 saturated heterocycles. The van der Waals surface area contributed by atoms with Crippen molar-refractivity contribution < 1.29 is 24.5 Å². The molecule has 0 radical (unpaired) electrons. The predicted molar refractivity (Wildman–Crippen MR) is 56.4 cm³/mol. The molecule has 1 fully saturated rings. The molecule has 1 unspecified atom stereocenters. The number of aliphatic carboxylic acids is 1. The number of hydrogen-bond acceptors (Lipinski definition) is 4. The van der Waals surface area contributed by atoms with E-state index >= 15 is 0 Å². The Balaban J connectivity index is 2.16. The van der Waals surface area contributed by atoms with Crippen LogP contribution in [-0.4, -0.2) is 39.8 Å². The molecule has 1 aromatic rings. The van der Waals surface area contributed by atoms with Crippen LogP contribution >= 0.6 is 0 Å². The summed E-state index contributed by atoms with van der Waals surface area (Å²) < 4.78 is 4.69. The van der Waals surface area contributed by atoms with E-state index in [9.17, 15) is 14.7 Å².